The molecule has 2 heteroatoms. The van der Waals surface area contributed by atoms with E-state index in [0.29, 0.717) is 0 Å². The molecule has 0 radical (unpaired) electrons. The Morgan fingerprint density at radius 2 is 1.33 bits per heavy atom. The van der Waals surface area contributed by atoms with E-state index in [0.717, 1.165) is 5.02 Å². The molecular formula is C25H21ClSi. The number of hydrogen-bond donors (Lipinski definition) is 0. The number of hydrogen-bond acceptors (Lipinski definition) is 0. The van der Waals surface area contributed by atoms with Crippen molar-refractivity contribution >= 4 is 19.7 Å². The maximum absolute atomic E-state index is 6.85. The molecule has 132 valence electrons. The molecule has 0 unspecified atom stereocenters. The first-order valence-corrected chi connectivity index (χ1v) is 13.3. The zero-order valence-electron chi connectivity index (χ0n) is 15.8. The quantitative estimate of drug-likeness (QED) is 0.312. The average molecular weight is 385 g/mol. The van der Waals surface area contributed by atoms with Gasteiger partial charge in [0.05, 0.1) is 0 Å². The van der Waals surface area contributed by atoms with Crippen molar-refractivity contribution in [1.82, 2.24) is 0 Å². The van der Waals surface area contributed by atoms with E-state index >= 15 is 0 Å². The highest BCUT2D eigenvalue weighted by atomic mass is 35.5. The molecule has 3 aromatic carbocycles. The van der Waals surface area contributed by atoms with E-state index in [9.17, 15) is 0 Å². The molecule has 0 N–H and O–H groups in total. The van der Waals surface area contributed by atoms with Crippen molar-refractivity contribution in [1.29, 1.82) is 0 Å². The summed E-state index contributed by atoms with van der Waals surface area (Å²) in [7, 11) is -1.57. The van der Waals surface area contributed by atoms with Crippen LogP contribution in [0.3, 0.4) is 0 Å². The van der Waals surface area contributed by atoms with Gasteiger partial charge in [-0.25, -0.2) is 0 Å². The fourth-order valence-corrected chi connectivity index (χ4v) is 5.64. The molecule has 3 aliphatic carbocycles. The van der Waals surface area contributed by atoms with Gasteiger partial charge in [0.25, 0.3) is 0 Å². The lowest BCUT2D eigenvalue weighted by molar-refractivity contribution is 0.667. The number of rotatable bonds is 0. The van der Waals surface area contributed by atoms with E-state index in [1.165, 1.54) is 33.4 Å². The Hall–Kier alpha value is -2.27. The second-order valence-electron chi connectivity index (χ2n) is 8.56. The molecule has 0 spiro atoms. The minimum Gasteiger partial charge on any atom is -0.130 e. The molecule has 0 aromatic heterocycles. The van der Waals surface area contributed by atoms with Crippen molar-refractivity contribution in [3.05, 3.63) is 105 Å². The molecule has 0 heterocycles. The van der Waals surface area contributed by atoms with Gasteiger partial charge in [-0.05, 0) is 33.9 Å². The Balaban J connectivity index is 2.00. The van der Waals surface area contributed by atoms with Gasteiger partial charge in [0.1, 0.15) is 13.5 Å². The zero-order chi connectivity index (χ0) is 18.8. The Morgan fingerprint density at radius 3 is 1.93 bits per heavy atom. The molecule has 0 saturated carbocycles. The first kappa shape index (κ1) is 16.9. The van der Waals surface area contributed by atoms with Crippen molar-refractivity contribution in [3.8, 4) is 11.5 Å². The topological polar surface area (TPSA) is 0 Å². The second-order valence-corrected chi connectivity index (χ2v) is 13.7. The molecule has 27 heavy (non-hydrogen) atoms. The minimum atomic E-state index is -1.57. The molecule has 2 bridgehead atoms. The van der Waals surface area contributed by atoms with Crippen LogP contribution in [-0.4, -0.2) is 8.07 Å². The van der Waals surface area contributed by atoms with Crippen molar-refractivity contribution in [2.45, 2.75) is 31.0 Å². The summed E-state index contributed by atoms with van der Waals surface area (Å²) < 4.78 is 0. The highest BCUT2D eigenvalue weighted by molar-refractivity contribution is 6.83. The van der Waals surface area contributed by atoms with Gasteiger partial charge in [-0.2, -0.15) is 0 Å². The third-order valence-corrected chi connectivity index (χ3v) is 6.90. The lowest BCUT2D eigenvalue weighted by Crippen LogP contribution is -2.42. The molecular weight excluding hydrogens is 364 g/mol. The van der Waals surface area contributed by atoms with Gasteiger partial charge in [0.2, 0.25) is 0 Å². The zero-order valence-corrected chi connectivity index (χ0v) is 17.6. The molecule has 0 fully saturated rings. The van der Waals surface area contributed by atoms with Crippen molar-refractivity contribution in [2.75, 3.05) is 0 Å². The van der Waals surface area contributed by atoms with Gasteiger partial charge in [-0.1, -0.05) is 97.8 Å². The van der Waals surface area contributed by atoms with Gasteiger partial charge in [0, 0.05) is 16.5 Å². The maximum Gasteiger partial charge on any atom is 0.129 e. The number of benzene rings is 3. The Kier molecular flexibility index (Phi) is 3.51. The SMILES string of the molecule is C[Si](C)(C)C#CC12c3ccccc3C(c3ccccc31)c1cccc(Cl)c12. The van der Waals surface area contributed by atoms with Crippen LogP contribution in [0.25, 0.3) is 0 Å². The maximum atomic E-state index is 6.85. The Labute approximate surface area is 167 Å². The van der Waals surface area contributed by atoms with E-state index in [-0.39, 0.29) is 5.92 Å². The first-order chi connectivity index (χ1) is 12.9. The monoisotopic (exact) mass is 384 g/mol. The molecule has 0 saturated heterocycles. The molecule has 0 atom stereocenters. The van der Waals surface area contributed by atoms with E-state index < -0.39 is 13.5 Å². The average Bonchev–Trinajstić information content (AvgIpc) is 2.66. The summed E-state index contributed by atoms with van der Waals surface area (Å²) in [5, 5.41) is 0.825. The summed E-state index contributed by atoms with van der Waals surface area (Å²) in [6, 6.07) is 23.9. The molecule has 0 nitrogen and oxygen atoms in total. The Morgan fingerprint density at radius 1 is 0.778 bits per heavy atom. The summed E-state index contributed by atoms with van der Waals surface area (Å²) in [6.45, 7) is 6.91. The van der Waals surface area contributed by atoms with Crippen molar-refractivity contribution in [3.63, 3.8) is 0 Å². The van der Waals surface area contributed by atoms with E-state index in [1.807, 2.05) is 6.07 Å². The van der Waals surface area contributed by atoms with Crippen LogP contribution in [0.5, 0.6) is 0 Å². The van der Waals surface area contributed by atoms with Crippen LogP contribution in [0.2, 0.25) is 24.7 Å². The van der Waals surface area contributed by atoms with Crippen LogP contribution in [0.1, 0.15) is 39.3 Å². The largest absolute Gasteiger partial charge is 0.130 e. The van der Waals surface area contributed by atoms with Crippen LogP contribution in [0.15, 0.2) is 66.7 Å². The van der Waals surface area contributed by atoms with Gasteiger partial charge < -0.3 is 0 Å². The first-order valence-electron chi connectivity index (χ1n) is 9.45. The van der Waals surface area contributed by atoms with Gasteiger partial charge >= 0.3 is 0 Å². The molecule has 6 rings (SSSR count). The summed E-state index contributed by atoms with van der Waals surface area (Å²) in [5.41, 5.74) is 11.1. The molecule has 0 amide bonds. The Bertz CT molecular complexity index is 1090. The fourth-order valence-electron chi connectivity index (χ4n) is 4.75. The summed E-state index contributed by atoms with van der Waals surface area (Å²) in [5.74, 6) is 4.04. The summed E-state index contributed by atoms with van der Waals surface area (Å²) >= 11 is 6.85. The van der Waals surface area contributed by atoms with Gasteiger partial charge in [0.15, 0.2) is 0 Å². The van der Waals surface area contributed by atoms with Gasteiger partial charge in [-0.3, -0.25) is 0 Å². The van der Waals surface area contributed by atoms with Gasteiger partial charge in [-0.15, -0.1) is 5.54 Å². The highest BCUT2D eigenvalue weighted by Gasteiger charge is 2.51. The van der Waals surface area contributed by atoms with Crippen molar-refractivity contribution < 1.29 is 0 Å². The van der Waals surface area contributed by atoms with Crippen LogP contribution >= 0.6 is 11.6 Å². The van der Waals surface area contributed by atoms with Crippen molar-refractivity contribution in [2.24, 2.45) is 0 Å². The van der Waals surface area contributed by atoms with Crippen LogP contribution in [0.4, 0.5) is 0 Å². The lowest BCUT2D eigenvalue weighted by Gasteiger charge is -2.48. The van der Waals surface area contributed by atoms with E-state index in [2.05, 4.69) is 91.8 Å². The minimum absolute atomic E-state index is 0.238. The molecule has 3 aliphatic rings. The predicted octanol–water partition coefficient (Wildman–Crippen LogP) is 6.36. The third kappa shape index (κ3) is 2.24. The van der Waals surface area contributed by atoms with E-state index in [4.69, 9.17) is 11.6 Å². The number of halogens is 1. The predicted molar refractivity (Wildman–Crippen MR) is 116 cm³/mol. The standard InChI is InChI=1S/C25H21ClSi/c1-27(2,3)16-15-25-20-12-6-4-9-17(20)23(18-10-5-7-13-21(18)25)19-11-8-14-22(26)24(19)25/h4-14,23H,1-3H3. The van der Waals surface area contributed by atoms with E-state index in [1.54, 1.807) is 0 Å². The molecule has 0 aliphatic heterocycles. The van der Waals surface area contributed by atoms with Crippen LogP contribution in [0, 0.1) is 11.5 Å². The fraction of sp³-hybridized carbons (Fsp3) is 0.200. The lowest BCUT2D eigenvalue weighted by atomic mass is 9.53. The van der Waals surface area contributed by atoms with Crippen LogP contribution < -0.4 is 0 Å². The molecule has 3 aromatic rings. The summed E-state index contributed by atoms with van der Waals surface area (Å²) in [6.07, 6.45) is 0. The third-order valence-electron chi connectivity index (χ3n) is 5.71. The smallest absolute Gasteiger partial charge is 0.129 e. The summed E-state index contributed by atoms with van der Waals surface area (Å²) in [4.78, 5) is 0. The van der Waals surface area contributed by atoms with Crippen LogP contribution in [-0.2, 0) is 5.41 Å². The normalized spacial score (nSPS) is 21.6. The second kappa shape index (κ2) is 5.61. The highest BCUT2D eigenvalue weighted by Crippen LogP contribution is 2.60.